The third-order valence-electron chi connectivity index (χ3n) is 2.90. The van der Waals surface area contributed by atoms with Gasteiger partial charge in [-0.15, -0.1) is 0 Å². The summed E-state index contributed by atoms with van der Waals surface area (Å²) in [6, 6.07) is 7.07. The van der Waals surface area contributed by atoms with Crippen LogP contribution in [-0.2, 0) is 11.2 Å². The second kappa shape index (κ2) is 4.91. The predicted molar refractivity (Wildman–Crippen MR) is 68.9 cm³/mol. The van der Waals surface area contributed by atoms with Crippen LogP contribution in [-0.4, -0.2) is 16.9 Å². The molecule has 0 unspecified atom stereocenters. The highest BCUT2D eigenvalue weighted by Crippen LogP contribution is 2.20. The van der Waals surface area contributed by atoms with Crippen LogP contribution in [0.4, 0.5) is 4.79 Å². The maximum Gasteiger partial charge on any atom is 0.318 e. The standard InChI is InChI=1S/C13H15N3O2/c1-8(12(17)16-13(14)18)6-9-7-15-11-5-3-2-4-10(9)11/h2-5,7-8,15H,6H2,1H3,(H3,14,16,17,18)/t8-/m0/s1. The summed E-state index contributed by atoms with van der Waals surface area (Å²) in [4.78, 5) is 25.4. The van der Waals surface area contributed by atoms with E-state index in [0.717, 1.165) is 16.5 Å². The summed E-state index contributed by atoms with van der Waals surface area (Å²) < 4.78 is 0. The second-order valence-electron chi connectivity index (χ2n) is 4.32. The zero-order chi connectivity index (χ0) is 13.1. The molecule has 0 aliphatic heterocycles. The normalized spacial score (nSPS) is 12.3. The zero-order valence-corrected chi connectivity index (χ0v) is 10.1. The van der Waals surface area contributed by atoms with Gasteiger partial charge in [0.05, 0.1) is 0 Å². The molecule has 1 heterocycles. The molecule has 0 aliphatic carbocycles. The van der Waals surface area contributed by atoms with Crippen LogP contribution in [0.2, 0.25) is 0 Å². The number of amides is 3. The first-order valence-electron chi connectivity index (χ1n) is 5.73. The lowest BCUT2D eigenvalue weighted by Gasteiger charge is -2.09. The summed E-state index contributed by atoms with van der Waals surface area (Å²) in [5.74, 6) is -0.663. The van der Waals surface area contributed by atoms with E-state index >= 15 is 0 Å². The van der Waals surface area contributed by atoms with Gasteiger partial charge < -0.3 is 10.7 Å². The molecule has 1 atom stereocenters. The average molecular weight is 245 g/mol. The summed E-state index contributed by atoms with van der Waals surface area (Å²) in [6.45, 7) is 1.76. The number of rotatable bonds is 3. The highest BCUT2D eigenvalue weighted by atomic mass is 16.2. The van der Waals surface area contributed by atoms with E-state index in [-0.39, 0.29) is 11.8 Å². The Morgan fingerprint density at radius 3 is 2.83 bits per heavy atom. The van der Waals surface area contributed by atoms with Crippen LogP contribution in [0.3, 0.4) is 0 Å². The van der Waals surface area contributed by atoms with Gasteiger partial charge in [0.1, 0.15) is 0 Å². The highest BCUT2D eigenvalue weighted by molar-refractivity contribution is 5.95. The van der Waals surface area contributed by atoms with Crippen molar-refractivity contribution < 1.29 is 9.59 Å². The lowest BCUT2D eigenvalue weighted by Crippen LogP contribution is -2.38. The van der Waals surface area contributed by atoms with Crippen molar-refractivity contribution in [2.45, 2.75) is 13.3 Å². The molecule has 0 bridgehead atoms. The van der Waals surface area contributed by atoms with Crippen LogP contribution >= 0.6 is 0 Å². The van der Waals surface area contributed by atoms with Gasteiger partial charge in [-0.25, -0.2) is 4.79 Å². The third-order valence-corrected chi connectivity index (χ3v) is 2.90. The average Bonchev–Trinajstić information content (AvgIpc) is 2.72. The van der Waals surface area contributed by atoms with E-state index in [9.17, 15) is 9.59 Å². The van der Waals surface area contributed by atoms with Crippen molar-refractivity contribution in [3.8, 4) is 0 Å². The number of imide groups is 1. The van der Waals surface area contributed by atoms with Crippen molar-refractivity contribution in [2.24, 2.45) is 11.7 Å². The highest BCUT2D eigenvalue weighted by Gasteiger charge is 2.16. The number of urea groups is 1. The molecule has 18 heavy (non-hydrogen) atoms. The maximum absolute atomic E-state index is 11.6. The van der Waals surface area contributed by atoms with Crippen molar-refractivity contribution in [1.29, 1.82) is 0 Å². The Bertz CT molecular complexity index is 589. The SMILES string of the molecule is C[C@@H](Cc1c[nH]c2ccccc12)C(=O)NC(N)=O. The number of para-hydroxylation sites is 1. The van der Waals surface area contributed by atoms with E-state index in [0.29, 0.717) is 6.42 Å². The Morgan fingerprint density at radius 1 is 1.39 bits per heavy atom. The first kappa shape index (κ1) is 12.2. The number of primary amides is 1. The number of nitrogens with one attached hydrogen (secondary N) is 2. The van der Waals surface area contributed by atoms with Crippen molar-refractivity contribution in [2.75, 3.05) is 0 Å². The smallest absolute Gasteiger partial charge is 0.318 e. The molecule has 0 spiro atoms. The van der Waals surface area contributed by atoms with Crippen LogP contribution in [0.5, 0.6) is 0 Å². The summed E-state index contributed by atoms with van der Waals surface area (Å²) in [6.07, 6.45) is 2.45. The molecular formula is C13H15N3O2. The number of hydrogen-bond donors (Lipinski definition) is 3. The molecule has 5 heteroatoms. The molecule has 2 rings (SSSR count). The molecule has 2 aromatic rings. The maximum atomic E-state index is 11.6. The molecule has 94 valence electrons. The largest absolute Gasteiger partial charge is 0.361 e. The number of nitrogens with two attached hydrogens (primary N) is 1. The lowest BCUT2D eigenvalue weighted by atomic mass is 10.00. The minimum atomic E-state index is -0.814. The molecule has 0 saturated heterocycles. The van der Waals surface area contributed by atoms with Gasteiger partial charge in [-0.2, -0.15) is 0 Å². The Balaban J connectivity index is 2.14. The molecule has 0 saturated carbocycles. The summed E-state index contributed by atoms with van der Waals surface area (Å²) >= 11 is 0. The summed E-state index contributed by atoms with van der Waals surface area (Å²) in [7, 11) is 0. The van der Waals surface area contributed by atoms with E-state index in [1.165, 1.54) is 0 Å². The number of fused-ring (bicyclic) bond motifs is 1. The van der Waals surface area contributed by atoms with Crippen LogP contribution in [0.15, 0.2) is 30.5 Å². The fourth-order valence-electron chi connectivity index (χ4n) is 1.97. The molecule has 1 aromatic carbocycles. The van der Waals surface area contributed by atoms with Crippen molar-refractivity contribution in [3.05, 3.63) is 36.0 Å². The van der Waals surface area contributed by atoms with Crippen LogP contribution in [0, 0.1) is 5.92 Å². The molecule has 0 fully saturated rings. The van der Waals surface area contributed by atoms with Crippen LogP contribution in [0.25, 0.3) is 10.9 Å². The van der Waals surface area contributed by atoms with Gasteiger partial charge in [-0.1, -0.05) is 25.1 Å². The Morgan fingerprint density at radius 2 is 2.11 bits per heavy atom. The number of carbonyl (C=O) groups is 2. The van der Waals surface area contributed by atoms with E-state index in [4.69, 9.17) is 5.73 Å². The van der Waals surface area contributed by atoms with Gasteiger partial charge in [0.25, 0.3) is 0 Å². The predicted octanol–water partition coefficient (Wildman–Crippen LogP) is 1.54. The summed E-state index contributed by atoms with van der Waals surface area (Å²) in [5.41, 5.74) is 7.01. The van der Waals surface area contributed by atoms with Crippen LogP contribution in [0.1, 0.15) is 12.5 Å². The number of benzene rings is 1. The number of H-pyrrole nitrogens is 1. The fourth-order valence-corrected chi connectivity index (χ4v) is 1.97. The molecule has 5 nitrogen and oxygen atoms in total. The number of aromatic amines is 1. The van der Waals surface area contributed by atoms with Gasteiger partial charge >= 0.3 is 6.03 Å². The number of aromatic nitrogens is 1. The molecule has 0 aliphatic rings. The van der Waals surface area contributed by atoms with E-state index in [1.807, 2.05) is 30.5 Å². The van der Waals surface area contributed by atoms with Crippen molar-refractivity contribution >= 4 is 22.8 Å². The molecule has 3 amide bonds. The van der Waals surface area contributed by atoms with E-state index < -0.39 is 6.03 Å². The van der Waals surface area contributed by atoms with Gasteiger partial charge in [0, 0.05) is 23.0 Å². The number of hydrogen-bond acceptors (Lipinski definition) is 2. The minimum Gasteiger partial charge on any atom is -0.361 e. The monoisotopic (exact) mass is 245 g/mol. The minimum absolute atomic E-state index is 0.309. The zero-order valence-electron chi connectivity index (χ0n) is 10.1. The van der Waals surface area contributed by atoms with Crippen molar-refractivity contribution in [1.82, 2.24) is 10.3 Å². The summed E-state index contributed by atoms with van der Waals surface area (Å²) in [5, 5.41) is 3.19. The number of carbonyl (C=O) groups excluding carboxylic acids is 2. The van der Waals surface area contributed by atoms with E-state index in [2.05, 4.69) is 10.3 Å². The first-order valence-corrected chi connectivity index (χ1v) is 5.73. The molecule has 1 aromatic heterocycles. The topological polar surface area (TPSA) is 88.0 Å². The fraction of sp³-hybridized carbons (Fsp3) is 0.231. The third kappa shape index (κ3) is 2.51. The second-order valence-corrected chi connectivity index (χ2v) is 4.32. The van der Waals surface area contributed by atoms with Crippen LogP contribution < -0.4 is 11.1 Å². The lowest BCUT2D eigenvalue weighted by molar-refractivity contribution is -0.123. The van der Waals surface area contributed by atoms with E-state index in [1.54, 1.807) is 6.92 Å². The Hall–Kier alpha value is -2.30. The van der Waals surface area contributed by atoms with Gasteiger partial charge in [-0.05, 0) is 18.1 Å². The Kier molecular flexibility index (Phi) is 3.32. The molecular weight excluding hydrogens is 230 g/mol. The Labute approximate surface area is 104 Å². The van der Waals surface area contributed by atoms with Gasteiger partial charge in [0.2, 0.25) is 5.91 Å². The molecule has 4 N–H and O–H groups in total. The first-order chi connectivity index (χ1) is 8.58. The molecule has 0 radical (unpaired) electrons. The van der Waals surface area contributed by atoms with Crippen molar-refractivity contribution in [3.63, 3.8) is 0 Å². The van der Waals surface area contributed by atoms with Gasteiger partial charge in [-0.3, -0.25) is 10.1 Å². The van der Waals surface area contributed by atoms with Gasteiger partial charge in [0.15, 0.2) is 0 Å². The quantitative estimate of drug-likeness (QED) is 0.765.